The van der Waals surface area contributed by atoms with Gasteiger partial charge in [-0.2, -0.15) is 0 Å². The molecular formula is C35H66N2O7. The second kappa shape index (κ2) is 30.8. The number of carboxylic acids is 1. The third kappa shape index (κ3) is 27.4. The molecule has 258 valence electrons. The van der Waals surface area contributed by atoms with Gasteiger partial charge >= 0.3 is 11.9 Å². The molecule has 2 atom stereocenters. The fourth-order valence-electron chi connectivity index (χ4n) is 5.30. The van der Waals surface area contributed by atoms with E-state index < -0.39 is 24.5 Å². The molecule has 0 spiro atoms. The van der Waals surface area contributed by atoms with Crippen LogP contribution in [0.15, 0.2) is 0 Å². The van der Waals surface area contributed by atoms with Crippen molar-refractivity contribution in [3.05, 3.63) is 0 Å². The highest BCUT2D eigenvalue weighted by molar-refractivity contribution is 5.87. The third-order valence-corrected chi connectivity index (χ3v) is 8.10. The van der Waals surface area contributed by atoms with Crippen molar-refractivity contribution >= 4 is 23.8 Å². The van der Waals surface area contributed by atoms with Gasteiger partial charge in [-0.15, -0.1) is 0 Å². The van der Waals surface area contributed by atoms with E-state index in [2.05, 4.69) is 24.5 Å². The average molecular weight is 627 g/mol. The Labute approximate surface area is 268 Å². The monoisotopic (exact) mass is 626 g/mol. The molecule has 44 heavy (non-hydrogen) atoms. The number of aliphatic hydroxyl groups excluding tert-OH is 1. The Morgan fingerprint density at radius 3 is 1.50 bits per heavy atom. The topological polar surface area (TPSA) is 142 Å². The molecule has 0 fully saturated rings. The highest BCUT2D eigenvalue weighted by Crippen LogP contribution is 2.18. The number of esters is 1. The molecule has 0 rings (SSSR count). The summed E-state index contributed by atoms with van der Waals surface area (Å²) in [5.74, 6) is -2.33. The molecule has 0 heterocycles. The van der Waals surface area contributed by atoms with Gasteiger partial charge in [-0.05, 0) is 38.5 Å². The van der Waals surface area contributed by atoms with E-state index in [4.69, 9.17) is 14.9 Å². The van der Waals surface area contributed by atoms with Crippen LogP contribution in [0.25, 0.3) is 0 Å². The first-order chi connectivity index (χ1) is 21.3. The predicted molar refractivity (Wildman–Crippen MR) is 176 cm³/mol. The van der Waals surface area contributed by atoms with Gasteiger partial charge in [-0.25, -0.2) is 4.79 Å². The van der Waals surface area contributed by atoms with Gasteiger partial charge in [-0.3, -0.25) is 14.4 Å². The molecule has 9 heteroatoms. The summed E-state index contributed by atoms with van der Waals surface area (Å²) in [5.41, 5.74) is 0. The lowest BCUT2D eigenvalue weighted by atomic mass is 10.0. The number of nitrogens with one attached hydrogen (secondary N) is 2. The number of carbonyl (C=O) groups excluding carboxylic acids is 3. The Kier molecular flexibility index (Phi) is 29.3. The van der Waals surface area contributed by atoms with Crippen LogP contribution in [-0.4, -0.2) is 59.3 Å². The van der Waals surface area contributed by atoms with E-state index in [1.165, 1.54) is 83.5 Å². The molecule has 0 aliphatic carbocycles. The molecular weight excluding hydrogens is 560 g/mol. The van der Waals surface area contributed by atoms with Gasteiger partial charge in [0.15, 0.2) is 0 Å². The van der Waals surface area contributed by atoms with Crippen LogP contribution in [0.5, 0.6) is 0 Å². The number of hydrogen-bond donors (Lipinski definition) is 4. The Hall–Kier alpha value is -2.16. The van der Waals surface area contributed by atoms with Crippen molar-refractivity contribution in [1.82, 2.24) is 10.6 Å². The summed E-state index contributed by atoms with van der Waals surface area (Å²) in [6, 6.07) is -1.38. The zero-order valence-corrected chi connectivity index (χ0v) is 28.2. The zero-order valence-electron chi connectivity index (χ0n) is 28.2. The number of aliphatic carboxylic acids is 1. The smallest absolute Gasteiger partial charge is 0.328 e. The van der Waals surface area contributed by atoms with Crippen molar-refractivity contribution < 1.29 is 34.1 Å². The van der Waals surface area contributed by atoms with Gasteiger partial charge in [0.1, 0.15) is 12.1 Å². The zero-order chi connectivity index (χ0) is 32.7. The van der Waals surface area contributed by atoms with E-state index in [1.54, 1.807) is 0 Å². The molecule has 0 saturated heterocycles. The van der Waals surface area contributed by atoms with Crippen LogP contribution in [0, 0.1) is 0 Å². The number of hydrogen-bond acceptors (Lipinski definition) is 6. The number of carboxylic acid groups (broad SMARTS) is 1. The summed E-state index contributed by atoms with van der Waals surface area (Å²) in [4.78, 5) is 47.1. The highest BCUT2D eigenvalue weighted by Gasteiger charge is 2.19. The molecule has 0 saturated carbocycles. The van der Waals surface area contributed by atoms with Gasteiger partial charge in [0.2, 0.25) is 11.8 Å². The van der Waals surface area contributed by atoms with Crippen LogP contribution >= 0.6 is 0 Å². The quantitative estimate of drug-likeness (QED) is 0.0451. The lowest BCUT2D eigenvalue weighted by Crippen LogP contribution is -2.47. The standard InChI is InChI=1S/C35H66N2O7/c1-3-5-7-9-10-11-12-13-14-15-16-17-23-27-34(41)44-30(24-20-8-6-4-2)25-21-18-19-22-26-32(39)36-28-33(40)37-31(29-38)35(42)43/h30-31,38H,3-29H2,1-2H3,(H,36,39)(H,37,40)(H,42,43). The van der Waals surface area contributed by atoms with Crippen LogP contribution in [0.2, 0.25) is 0 Å². The van der Waals surface area contributed by atoms with Crippen molar-refractivity contribution in [3.8, 4) is 0 Å². The normalized spacial score (nSPS) is 12.4. The maximum Gasteiger partial charge on any atom is 0.328 e. The summed E-state index contributed by atoms with van der Waals surface area (Å²) in [6.07, 6.45) is 27.2. The van der Waals surface area contributed by atoms with Crippen molar-refractivity contribution in [2.75, 3.05) is 13.2 Å². The Bertz CT molecular complexity index is 732. The number of carbonyl (C=O) groups is 4. The maximum atomic E-state index is 12.5. The van der Waals surface area contributed by atoms with E-state index in [1.807, 2.05) is 0 Å². The molecule has 2 amide bonds. The van der Waals surface area contributed by atoms with Crippen molar-refractivity contribution in [1.29, 1.82) is 0 Å². The minimum Gasteiger partial charge on any atom is -0.480 e. The van der Waals surface area contributed by atoms with Crippen LogP contribution < -0.4 is 10.6 Å². The van der Waals surface area contributed by atoms with E-state index in [-0.39, 0.29) is 30.9 Å². The summed E-state index contributed by atoms with van der Waals surface area (Å²) in [5, 5.41) is 22.4. The number of unbranched alkanes of at least 4 members (excludes halogenated alkanes) is 18. The van der Waals surface area contributed by atoms with E-state index in [9.17, 15) is 19.2 Å². The molecule has 2 unspecified atom stereocenters. The van der Waals surface area contributed by atoms with E-state index in [0.29, 0.717) is 12.8 Å². The maximum absolute atomic E-state index is 12.5. The van der Waals surface area contributed by atoms with Gasteiger partial charge in [0.25, 0.3) is 0 Å². The summed E-state index contributed by atoms with van der Waals surface area (Å²) in [6.45, 7) is 3.41. The Balaban J connectivity index is 4.03. The number of rotatable bonds is 32. The first-order valence-electron chi connectivity index (χ1n) is 17.9. The summed E-state index contributed by atoms with van der Waals surface area (Å²) < 4.78 is 5.89. The van der Waals surface area contributed by atoms with Crippen molar-refractivity contribution in [2.24, 2.45) is 0 Å². The molecule has 0 aliphatic heterocycles. The summed E-state index contributed by atoms with van der Waals surface area (Å²) >= 11 is 0. The fraction of sp³-hybridized carbons (Fsp3) is 0.886. The molecule has 0 aromatic rings. The highest BCUT2D eigenvalue weighted by atomic mass is 16.5. The van der Waals surface area contributed by atoms with Gasteiger partial charge in [-0.1, -0.05) is 123 Å². The SMILES string of the molecule is CCCCCCCCCCCCCCCC(=O)OC(CCCCCC)CCCCCCC(=O)NCC(=O)NC(CO)C(=O)O. The second-order valence-electron chi connectivity index (χ2n) is 12.3. The molecule has 0 radical (unpaired) electrons. The van der Waals surface area contributed by atoms with E-state index >= 15 is 0 Å². The van der Waals surface area contributed by atoms with Gasteiger partial charge in [0, 0.05) is 12.8 Å². The number of ether oxygens (including phenoxy) is 1. The van der Waals surface area contributed by atoms with Gasteiger partial charge < -0.3 is 25.6 Å². The minimum atomic E-state index is -1.38. The van der Waals surface area contributed by atoms with Crippen molar-refractivity contribution in [3.63, 3.8) is 0 Å². The van der Waals surface area contributed by atoms with E-state index in [0.717, 1.165) is 57.8 Å². The molecule has 0 bridgehead atoms. The molecule has 4 N–H and O–H groups in total. The summed E-state index contributed by atoms with van der Waals surface area (Å²) in [7, 11) is 0. The van der Waals surface area contributed by atoms with Crippen molar-refractivity contribution in [2.45, 2.75) is 187 Å². The Morgan fingerprint density at radius 2 is 1.02 bits per heavy atom. The lowest BCUT2D eigenvalue weighted by Gasteiger charge is -2.18. The van der Waals surface area contributed by atoms with Gasteiger partial charge in [0.05, 0.1) is 13.2 Å². The minimum absolute atomic E-state index is 0.0308. The predicted octanol–water partition coefficient (Wildman–Crippen LogP) is 7.37. The molecule has 0 aliphatic rings. The Morgan fingerprint density at radius 1 is 0.591 bits per heavy atom. The third-order valence-electron chi connectivity index (χ3n) is 8.10. The van der Waals surface area contributed by atoms with Crippen LogP contribution in [0.4, 0.5) is 0 Å². The average Bonchev–Trinajstić information content (AvgIpc) is 3.00. The molecule has 0 aromatic heterocycles. The first kappa shape index (κ1) is 41.8. The van der Waals surface area contributed by atoms with Crippen LogP contribution in [0.3, 0.4) is 0 Å². The largest absolute Gasteiger partial charge is 0.480 e. The number of aliphatic hydroxyl groups is 1. The fourth-order valence-corrected chi connectivity index (χ4v) is 5.30. The number of amides is 2. The second-order valence-corrected chi connectivity index (χ2v) is 12.3. The molecule has 9 nitrogen and oxygen atoms in total. The molecule has 0 aromatic carbocycles. The lowest BCUT2D eigenvalue weighted by molar-refractivity contribution is -0.150. The van der Waals surface area contributed by atoms with Crippen LogP contribution in [0.1, 0.15) is 174 Å². The first-order valence-corrected chi connectivity index (χ1v) is 17.9. The van der Waals surface area contributed by atoms with Crippen LogP contribution in [-0.2, 0) is 23.9 Å².